The zero-order valence-electron chi connectivity index (χ0n) is 25.2. The molecule has 0 fully saturated rings. The van der Waals surface area contributed by atoms with E-state index in [0.29, 0.717) is 58.5 Å². The van der Waals surface area contributed by atoms with Crippen LogP contribution in [0.4, 0.5) is 11.6 Å². The van der Waals surface area contributed by atoms with Gasteiger partial charge in [0.25, 0.3) is 5.91 Å². The Morgan fingerprint density at radius 3 is 2.66 bits per heavy atom. The number of carbonyl (C=O) groups excluding carboxylic acids is 1. The molecule has 1 amide bonds. The van der Waals surface area contributed by atoms with Gasteiger partial charge in [-0.25, -0.2) is 4.68 Å². The number of hydrogen-bond acceptors (Lipinski definition) is 8. The van der Waals surface area contributed by atoms with Gasteiger partial charge in [-0.05, 0) is 67.8 Å². The number of methoxy groups -OCH3 is 1. The highest BCUT2D eigenvalue weighted by Gasteiger charge is 2.35. The van der Waals surface area contributed by atoms with Gasteiger partial charge in [0.1, 0.15) is 18.4 Å². The topological polar surface area (TPSA) is 99.5 Å². The van der Waals surface area contributed by atoms with Crippen LogP contribution in [-0.2, 0) is 11.4 Å². The molecule has 11 heteroatoms. The molecule has 1 aromatic heterocycles. The number of aromatic nitrogens is 3. The molecule has 44 heavy (non-hydrogen) atoms. The number of fused-ring (bicyclic) bond motifs is 1. The maximum Gasteiger partial charge on any atom is 0.255 e. The summed E-state index contributed by atoms with van der Waals surface area (Å²) in [6.45, 7) is 6.81. The van der Waals surface area contributed by atoms with Gasteiger partial charge in [-0.1, -0.05) is 71.4 Å². The fourth-order valence-electron chi connectivity index (χ4n) is 4.90. The average Bonchev–Trinajstić information content (AvgIpc) is 3.42. The summed E-state index contributed by atoms with van der Waals surface area (Å²) in [5.41, 5.74) is 3.60. The fraction of sp³-hybridized carbons (Fsp3) is 0.303. The largest absolute Gasteiger partial charge is 0.493 e. The van der Waals surface area contributed by atoms with Crippen molar-refractivity contribution in [3.63, 3.8) is 0 Å². The van der Waals surface area contributed by atoms with Gasteiger partial charge in [0.05, 0.1) is 25.0 Å². The highest BCUT2D eigenvalue weighted by Crippen LogP contribution is 2.40. The highest BCUT2D eigenvalue weighted by atomic mass is 79.9. The summed E-state index contributed by atoms with van der Waals surface area (Å²) in [6.07, 6.45) is 2.15. The number of rotatable bonds is 13. The Morgan fingerprint density at radius 2 is 1.89 bits per heavy atom. The second kappa shape index (κ2) is 14.7. The second-order valence-electron chi connectivity index (χ2n) is 10.1. The van der Waals surface area contributed by atoms with E-state index in [4.69, 9.17) is 24.3 Å². The molecule has 1 unspecified atom stereocenters. The number of nitrogens with zero attached hydrogens (tertiary/aromatic N) is 3. The molecule has 2 heterocycles. The Balaban J connectivity index is 1.51. The number of carbonyl (C=O) groups is 1. The van der Waals surface area contributed by atoms with Crippen LogP contribution in [0.2, 0.25) is 0 Å². The van der Waals surface area contributed by atoms with E-state index in [1.807, 2.05) is 80.6 Å². The smallest absolute Gasteiger partial charge is 0.255 e. The predicted molar refractivity (Wildman–Crippen MR) is 178 cm³/mol. The second-order valence-corrected chi connectivity index (χ2v) is 12.1. The molecule has 2 N–H and O–H groups in total. The van der Waals surface area contributed by atoms with E-state index >= 15 is 0 Å². The normalized spacial score (nSPS) is 14.1. The summed E-state index contributed by atoms with van der Waals surface area (Å²) < 4.78 is 20.5. The summed E-state index contributed by atoms with van der Waals surface area (Å²) in [6, 6.07) is 20.5. The molecule has 5 rings (SSSR count). The number of anilines is 2. The van der Waals surface area contributed by atoms with Crippen LogP contribution in [0, 0.1) is 0 Å². The zero-order valence-corrected chi connectivity index (χ0v) is 27.6. The number of hydrogen-bond donors (Lipinski definition) is 2. The minimum absolute atomic E-state index is 0.276. The molecule has 1 aliphatic heterocycles. The van der Waals surface area contributed by atoms with Crippen LogP contribution in [0.5, 0.6) is 17.2 Å². The van der Waals surface area contributed by atoms with Gasteiger partial charge in [0.15, 0.2) is 11.5 Å². The number of unbranched alkanes of at least 4 members (excludes halogenated alkanes) is 1. The van der Waals surface area contributed by atoms with Gasteiger partial charge in [0.2, 0.25) is 11.1 Å². The first-order valence-corrected chi connectivity index (χ1v) is 16.3. The van der Waals surface area contributed by atoms with Crippen LogP contribution in [0.25, 0.3) is 0 Å². The number of benzene rings is 3. The third-order valence-electron chi connectivity index (χ3n) is 7.03. The van der Waals surface area contributed by atoms with Crippen molar-refractivity contribution in [1.82, 2.24) is 14.8 Å². The van der Waals surface area contributed by atoms with E-state index in [1.165, 1.54) is 0 Å². The first-order valence-electron chi connectivity index (χ1n) is 14.6. The highest BCUT2D eigenvalue weighted by molar-refractivity contribution is 9.10. The van der Waals surface area contributed by atoms with Crippen LogP contribution in [-0.4, -0.2) is 40.1 Å². The van der Waals surface area contributed by atoms with Crippen LogP contribution < -0.4 is 24.8 Å². The Morgan fingerprint density at radius 1 is 1.05 bits per heavy atom. The minimum atomic E-state index is -0.577. The van der Waals surface area contributed by atoms with E-state index < -0.39 is 6.04 Å². The molecule has 0 saturated carbocycles. The maximum absolute atomic E-state index is 14.1. The molecule has 0 spiro atoms. The number of allylic oxidation sites excluding steroid dienone is 1. The Labute approximate surface area is 270 Å². The third kappa shape index (κ3) is 7.22. The number of amides is 1. The van der Waals surface area contributed by atoms with Gasteiger partial charge in [-0.3, -0.25) is 4.79 Å². The van der Waals surface area contributed by atoms with Crippen molar-refractivity contribution in [3.8, 4) is 17.2 Å². The summed E-state index contributed by atoms with van der Waals surface area (Å²) >= 11 is 5.12. The molecular weight excluding hydrogens is 642 g/mol. The van der Waals surface area contributed by atoms with Crippen molar-refractivity contribution in [2.45, 2.75) is 51.4 Å². The molecule has 0 radical (unpaired) electrons. The van der Waals surface area contributed by atoms with E-state index in [2.05, 4.69) is 33.5 Å². The predicted octanol–water partition coefficient (Wildman–Crippen LogP) is 7.85. The molecule has 0 saturated heterocycles. The number of ether oxygens (including phenoxy) is 3. The molecule has 0 bridgehead atoms. The first kappa shape index (κ1) is 31.5. The lowest BCUT2D eigenvalue weighted by Gasteiger charge is -2.29. The average molecular weight is 679 g/mol. The van der Waals surface area contributed by atoms with E-state index in [9.17, 15) is 4.79 Å². The van der Waals surface area contributed by atoms with Gasteiger partial charge in [0, 0.05) is 15.9 Å². The van der Waals surface area contributed by atoms with Crippen LogP contribution >= 0.6 is 27.7 Å². The van der Waals surface area contributed by atoms with Crippen molar-refractivity contribution in [2.24, 2.45) is 0 Å². The number of halogens is 1. The summed E-state index contributed by atoms with van der Waals surface area (Å²) in [7, 11) is 1.61. The van der Waals surface area contributed by atoms with Gasteiger partial charge >= 0.3 is 0 Å². The standard InChI is InChI=1S/C33H36BrN5O4S/c1-5-7-17-44-33-37-32-35-21(3)29(31(40)36-25-13-8-9-14-26(25)42-6-2)30(39(32)38-33)23-15-16-27(28(19-23)41-4)43-20-22-11-10-12-24(34)18-22/h8-16,18-19,30H,5-7,17,20H2,1-4H3,(H,36,40)(H,35,37,38). The van der Waals surface area contributed by atoms with Crippen molar-refractivity contribution >= 4 is 45.2 Å². The molecule has 3 aromatic carbocycles. The van der Waals surface area contributed by atoms with E-state index in [0.717, 1.165) is 34.2 Å². The van der Waals surface area contributed by atoms with Crippen LogP contribution in [0.1, 0.15) is 50.8 Å². The van der Waals surface area contributed by atoms with E-state index in [1.54, 1.807) is 23.6 Å². The number of nitrogens with one attached hydrogen (secondary N) is 2. The summed E-state index contributed by atoms with van der Waals surface area (Å²) in [5.74, 6) is 2.96. The molecule has 0 aliphatic carbocycles. The van der Waals surface area contributed by atoms with E-state index in [-0.39, 0.29) is 5.91 Å². The number of thioether (sulfide) groups is 1. The lowest BCUT2D eigenvalue weighted by molar-refractivity contribution is -0.113. The number of para-hydroxylation sites is 2. The molecule has 1 aliphatic rings. The van der Waals surface area contributed by atoms with Crippen molar-refractivity contribution in [1.29, 1.82) is 0 Å². The molecule has 4 aromatic rings. The van der Waals surface area contributed by atoms with Crippen LogP contribution in [0.3, 0.4) is 0 Å². The third-order valence-corrected chi connectivity index (χ3v) is 8.45. The van der Waals surface area contributed by atoms with Gasteiger partial charge in [-0.15, -0.1) is 5.10 Å². The Bertz CT molecular complexity index is 1660. The zero-order chi connectivity index (χ0) is 31.1. The van der Waals surface area contributed by atoms with Gasteiger partial charge < -0.3 is 24.8 Å². The molecule has 9 nitrogen and oxygen atoms in total. The van der Waals surface area contributed by atoms with Crippen LogP contribution in [0.15, 0.2) is 87.6 Å². The van der Waals surface area contributed by atoms with Crippen molar-refractivity contribution in [3.05, 3.63) is 93.6 Å². The summed E-state index contributed by atoms with van der Waals surface area (Å²) in [5, 5.41) is 11.9. The Hall–Kier alpha value is -3.96. The molecule has 1 atom stereocenters. The fourth-order valence-corrected chi connectivity index (χ4v) is 6.26. The van der Waals surface area contributed by atoms with Crippen molar-refractivity contribution < 1.29 is 19.0 Å². The van der Waals surface area contributed by atoms with Gasteiger partial charge in [-0.2, -0.15) is 4.98 Å². The lowest BCUT2D eigenvalue weighted by Crippen LogP contribution is -2.31. The maximum atomic E-state index is 14.1. The lowest BCUT2D eigenvalue weighted by atomic mass is 9.94. The molecule has 230 valence electrons. The minimum Gasteiger partial charge on any atom is -0.493 e. The quantitative estimate of drug-likeness (QED) is 0.109. The summed E-state index contributed by atoms with van der Waals surface area (Å²) in [4.78, 5) is 18.8. The van der Waals surface area contributed by atoms with Crippen molar-refractivity contribution in [2.75, 3.05) is 30.1 Å². The first-order chi connectivity index (χ1) is 21.4. The monoisotopic (exact) mass is 677 g/mol. The Kier molecular flexibility index (Phi) is 10.5. The SMILES string of the molecule is CCCCSc1nc2n(n1)C(c1ccc(OCc3cccc(Br)c3)c(OC)c1)C(C(=O)Nc1ccccc1OCC)=C(C)N2. The molecular formula is C33H36BrN5O4S.